The molecule has 0 radical (unpaired) electrons. The number of para-hydroxylation sites is 2. The maximum atomic E-state index is 9.56. The molecule has 0 spiro atoms. The quantitative estimate of drug-likeness (QED) is 0.132. The standard InChI is InChI=1S/C18H12INO2.C18H13NO2.I2/c19-15-9-11(6-8-18(15)21)22-12-5-7-14-13-3-1-2-4-16(13)20-17(14)10-12;20-12-5-7-13(8-6-12)21-14-9-10-16-15-3-1-2-4-17(15)19-18(16)11-14;1-2/h1-10,20-21H;1-11,19-20H;/i19-2;;1-2,2-2. The maximum Gasteiger partial charge on any atom is 0.129 e. The summed E-state index contributed by atoms with van der Waals surface area (Å²) in [6.45, 7) is 0. The number of rotatable bonds is 4. The highest BCUT2D eigenvalue weighted by Gasteiger charge is 2.08. The molecule has 0 unspecified atom stereocenters. The molecule has 2 heterocycles. The van der Waals surface area contributed by atoms with Gasteiger partial charge in [-0.05, 0) is 101 Å². The summed E-state index contributed by atoms with van der Waals surface area (Å²) in [5, 5.41) is 23.6. The second-order valence-corrected chi connectivity index (χ2v) is 11.2. The van der Waals surface area contributed by atoms with E-state index in [2.05, 4.69) is 106 Å². The van der Waals surface area contributed by atoms with E-state index in [0.717, 1.165) is 37.1 Å². The van der Waals surface area contributed by atoms with Gasteiger partial charge in [0.15, 0.2) is 0 Å². The summed E-state index contributed by atoms with van der Waals surface area (Å²) in [4.78, 5) is 6.80. The minimum atomic E-state index is 0.230. The minimum absolute atomic E-state index is 0.230. The van der Waals surface area contributed by atoms with Crippen molar-refractivity contribution in [3.63, 3.8) is 0 Å². The maximum absolute atomic E-state index is 9.56. The van der Waals surface area contributed by atoms with Crippen molar-refractivity contribution in [2.45, 2.75) is 0 Å². The van der Waals surface area contributed by atoms with Gasteiger partial charge in [0.1, 0.15) is 34.5 Å². The second-order valence-electron chi connectivity index (χ2n) is 10.1. The van der Waals surface area contributed by atoms with Crippen LogP contribution in [0.15, 0.2) is 127 Å². The first-order valence-corrected chi connectivity index (χ1v) is 21.2. The van der Waals surface area contributed by atoms with E-state index < -0.39 is 0 Å². The van der Waals surface area contributed by atoms with Crippen LogP contribution in [0.1, 0.15) is 0 Å². The third-order valence-corrected chi connectivity index (χ3v) is 8.05. The van der Waals surface area contributed by atoms with Crippen molar-refractivity contribution in [3.05, 3.63) is 131 Å². The molecule has 0 amide bonds. The summed E-state index contributed by atoms with van der Waals surface area (Å²) in [5.74, 6) is 3.42. The molecule has 9 heteroatoms. The number of nitrogens with one attached hydrogen (secondary N) is 2. The SMILES string of the molecule is Oc1ccc(Oc2ccc3c(c2)[nH]c2ccccc23)cc1.Oc1ccc(Oc2ccc3c(c2)[nH]c2ccccc23)cc1[125I].[125I][125I]. The Bertz CT molecular complexity index is 2240. The van der Waals surface area contributed by atoms with E-state index in [1.54, 1.807) is 36.4 Å². The smallest absolute Gasteiger partial charge is 0.129 e. The number of phenolic OH excluding ortho intramolecular Hbond substituents is 2. The van der Waals surface area contributed by atoms with Crippen LogP contribution in [0.2, 0.25) is 0 Å². The Morgan fingerprint density at radius 2 is 0.867 bits per heavy atom. The van der Waals surface area contributed by atoms with E-state index >= 15 is 0 Å². The first kappa shape index (κ1) is 31.3. The van der Waals surface area contributed by atoms with E-state index in [-0.39, 0.29) is 11.5 Å². The average Bonchev–Trinajstić information content (AvgIpc) is 3.62. The van der Waals surface area contributed by atoms with Gasteiger partial charge in [0.05, 0.1) is 14.6 Å². The lowest BCUT2D eigenvalue weighted by Gasteiger charge is -2.07. The van der Waals surface area contributed by atoms with Crippen molar-refractivity contribution in [1.82, 2.24) is 9.97 Å². The number of hydrogen-bond donors (Lipinski definition) is 4. The van der Waals surface area contributed by atoms with Crippen molar-refractivity contribution in [2.24, 2.45) is 0 Å². The number of ether oxygens (including phenoxy) is 2. The number of aromatic amines is 2. The number of halogens is 3. The molecule has 0 saturated heterocycles. The molecule has 0 fully saturated rings. The van der Waals surface area contributed by atoms with Crippen molar-refractivity contribution < 1.29 is 19.7 Å². The summed E-state index contributed by atoms with van der Waals surface area (Å²) < 4.78 is 12.5. The lowest BCUT2D eigenvalue weighted by Crippen LogP contribution is -1.85. The van der Waals surface area contributed by atoms with Crippen LogP contribution in [-0.2, 0) is 0 Å². The van der Waals surface area contributed by atoms with Gasteiger partial charge in [0.25, 0.3) is 0 Å². The molecule has 0 saturated carbocycles. The Kier molecular flexibility index (Phi) is 9.85. The summed E-state index contributed by atoms with van der Waals surface area (Å²) >= 11 is 6.32. The normalized spacial score (nSPS) is 10.7. The van der Waals surface area contributed by atoms with Gasteiger partial charge in [-0.1, -0.05) is 36.4 Å². The average molecular weight is 924 g/mol. The third kappa shape index (κ3) is 7.10. The predicted molar refractivity (Wildman–Crippen MR) is 209 cm³/mol. The predicted octanol–water partition coefficient (Wildman–Crippen LogP) is 12.0. The number of H-pyrrole nitrogens is 2. The number of aromatic hydroxyl groups is 2. The van der Waals surface area contributed by atoms with Crippen molar-refractivity contribution in [2.75, 3.05) is 0 Å². The zero-order chi connectivity index (χ0) is 31.3. The monoisotopic (exact) mass is 924 g/mol. The van der Waals surface area contributed by atoms with E-state index in [9.17, 15) is 10.2 Å². The lowest BCUT2D eigenvalue weighted by molar-refractivity contribution is 0.461. The number of fused-ring (bicyclic) bond motifs is 6. The highest BCUT2D eigenvalue weighted by molar-refractivity contribution is 15.0. The largest absolute Gasteiger partial charge is 0.508 e. The molecule has 0 aliphatic rings. The highest BCUT2D eigenvalue weighted by Crippen LogP contribution is 2.33. The van der Waals surface area contributed by atoms with E-state index in [0.29, 0.717) is 11.5 Å². The van der Waals surface area contributed by atoms with Crippen LogP contribution in [0.4, 0.5) is 0 Å². The van der Waals surface area contributed by atoms with Gasteiger partial charge < -0.3 is 29.7 Å². The number of phenols is 2. The van der Waals surface area contributed by atoms with Crippen molar-refractivity contribution in [1.29, 1.82) is 0 Å². The van der Waals surface area contributed by atoms with E-state index in [1.165, 1.54) is 21.5 Å². The fourth-order valence-electron chi connectivity index (χ4n) is 5.13. The van der Waals surface area contributed by atoms with Gasteiger partial charge in [-0.2, -0.15) is 0 Å². The molecule has 0 aliphatic carbocycles. The Morgan fingerprint density at radius 1 is 0.444 bits per heavy atom. The van der Waals surface area contributed by atoms with Gasteiger partial charge in [-0.15, -0.1) is 0 Å². The number of hydrogen-bond acceptors (Lipinski definition) is 4. The number of benzene rings is 6. The van der Waals surface area contributed by atoms with Crippen LogP contribution in [-0.4, -0.2) is 20.2 Å². The van der Waals surface area contributed by atoms with E-state index in [1.807, 2.05) is 54.6 Å². The van der Waals surface area contributed by atoms with Crippen LogP contribution in [0, 0.1) is 3.57 Å². The molecule has 6 aromatic carbocycles. The fraction of sp³-hybridized carbons (Fsp3) is 0. The van der Waals surface area contributed by atoms with Gasteiger partial charge in [0.2, 0.25) is 0 Å². The number of aromatic nitrogens is 2. The highest BCUT2D eigenvalue weighted by atomic mass is 126. The zero-order valence-electron chi connectivity index (χ0n) is 23.5. The molecule has 4 N–H and O–H groups in total. The van der Waals surface area contributed by atoms with Gasteiger partial charge in [-0.3, -0.25) is 0 Å². The molecular formula is C36H25I3N2O4. The zero-order valence-corrected chi connectivity index (χ0v) is 29.9. The Morgan fingerprint density at radius 3 is 1.40 bits per heavy atom. The van der Waals surface area contributed by atoms with Crippen LogP contribution in [0.5, 0.6) is 34.5 Å². The summed E-state index contributed by atoms with van der Waals surface area (Å²) in [6, 6.07) is 40.4. The fourth-order valence-corrected chi connectivity index (χ4v) is 5.62. The molecular weight excluding hydrogens is 899 g/mol. The summed E-state index contributed by atoms with van der Waals surface area (Å²) in [6.07, 6.45) is 0. The van der Waals surface area contributed by atoms with Crippen LogP contribution < -0.4 is 9.47 Å². The van der Waals surface area contributed by atoms with Crippen molar-refractivity contribution >= 4 is 103 Å². The van der Waals surface area contributed by atoms with Gasteiger partial charge in [0, 0.05) is 81.9 Å². The van der Waals surface area contributed by atoms with Crippen LogP contribution in [0.3, 0.4) is 0 Å². The molecule has 8 rings (SSSR count). The second kappa shape index (κ2) is 14.2. The Balaban J connectivity index is 0.000000151. The van der Waals surface area contributed by atoms with Crippen molar-refractivity contribution in [3.8, 4) is 34.5 Å². The summed E-state index contributed by atoms with van der Waals surface area (Å²) in [7, 11) is 0. The molecule has 0 aliphatic heterocycles. The molecule has 0 bridgehead atoms. The minimum Gasteiger partial charge on any atom is -0.508 e. The molecule has 8 aromatic rings. The molecule has 45 heavy (non-hydrogen) atoms. The lowest BCUT2D eigenvalue weighted by atomic mass is 10.1. The molecule has 0 atom stereocenters. The first-order chi connectivity index (χ1) is 22.0. The van der Waals surface area contributed by atoms with Gasteiger partial charge >= 0.3 is 0 Å². The topological polar surface area (TPSA) is 90.5 Å². The third-order valence-electron chi connectivity index (χ3n) is 7.18. The molecule has 2 aromatic heterocycles. The van der Waals surface area contributed by atoms with Crippen LogP contribution in [0.25, 0.3) is 43.6 Å². The Labute approximate surface area is 295 Å². The Hall–Kier alpha value is -3.69. The first-order valence-electron chi connectivity index (χ1n) is 13.8. The van der Waals surface area contributed by atoms with Crippen LogP contribution >= 0.6 is 59.8 Å². The molecule has 6 nitrogen and oxygen atoms in total. The summed E-state index contributed by atoms with van der Waals surface area (Å²) in [5.41, 5.74) is 4.34. The molecule has 224 valence electrons. The van der Waals surface area contributed by atoms with Gasteiger partial charge in [-0.25, -0.2) is 0 Å². The van der Waals surface area contributed by atoms with E-state index in [4.69, 9.17) is 9.47 Å².